The van der Waals surface area contributed by atoms with Gasteiger partial charge in [-0.15, -0.1) is 0 Å². The van der Waals surface area contributed by atoms with Crippen LogP contribution in [0.15, 0.2) is 68.8 Å². The monoisotopic (exact) mass is 556 g/mol. The van der Waals surface area contributed by atoms with Crippen LogP contribution in [0.2, 0.25) is 0 Å². The van der Waals surface area contributed by atoms with Crippen LogP contribution in [0.25, 0.3) is 10.9 Å². The number of carbonyl (C=O) groups is 3. The van der Waals surface area contributed by atoms with E-state index in [1.807, 2.05) is 42.5 Å². The Labute approximate surface area is 212 Å². The number of nitrogens with one attached hydrogen (secondary N) is 2. The van der Waals surface area contributed by atoms with Gasteiger partial charge in [0.25, 0.3) is 11.5 Å². The third kappa shape index (κ3) is 4.92. The van der Waals surface area contributed by atoms with Gasteiger partial charge in [0, 0.05) is 28.4 Å². The minimum absolute atomic E-state index is 0.0909. The number of aromatic nitrogens is 1. The standard InChI is InChI=1S/C24H21BrN4O5S/c25-15-7-5-14-6-8-21(31)28(18(14)11-15)10-9-20(30)26-12-16-13-29(24(33)34-16)23-22(32)27-17-3-1-2-4-19(17)35-23/h1-8,11,16,23H,9-10,12-13H2,(H,26,30)(H,27,32)/t16-,23?/m1/s1. The number of pyridine rings is 1. The number of nitrogens with zero attached hydrogens (tertiary/aromatic N) is 2. The Morgan fingerprint density at radius 3 is 2.80 bits per heavy atom. The molecular formula is C24H21BrN4O5S. The number of benzene rings is 2. The Morgan fingerprint density at radius 2 is 1.94 bits per heavy atom. The number of rotatable bonds is 6. The van der Waals surface area contributed by atoms with Gasteiger partial charge in [-0.2, -0.15) is 0 Å². The van der Waals surface area contributed by atoms with Crippen molar-refractivity contribution in [1.29, 1.82) is 0 Å². The summed E-state index contributed by atoms with van der Waals surface area (Å²) in [5, 5.41) is 5.75. The van der Waals surface area contributed by atoms with Crippen LogP contribution in [0, 0.1) is 0 Å². The molecule has 2 atom stereocenters. The SMILES string of the molecule is O=C(CCn1c(=O)ccc2ccc(Br)cc21)NC[C@@H]1CN(C2Sc3ccccc3NC2=O)C(=O)O1. The molecule has 2 aliphatic heterocycles. The van der Waals surface area contributed by atoms with Gasteiger partial charge < -0.3 is 19.9 Å². The van der Waals surface area contributed by atoms with Crippen LogP contribution < -0.4 is 16.2 Å². The Morgan fingerprint density at radius 1 is 1.14 bits per heavy atom. The van der Waals surface area contributed by atoms with Crippen molar-refractivity contribution in [2.24, 2.45) is 0 Å². The largest absolute Gasteiger partial charge is 0.442 e. The molecule has 0 saturated carbocycles. The van der Waals surface area contributed by atoms with E-state index < -0.39 is 17.6 Å². The first kappa shape index (κ1) is 23.4. The van der Waals surface area contributed by atoms with Gasteiger partial charge in [-0.1, -0.05) is 45.9 Å². The molecule has 2 aliphatic rings. The third-order valence-electron chi connectivity index (χ3n) is 5.84. The summed E-state index contributed by atoms with van der Waals surface area (Å²) in [5.74, 6) is -0.556. The number of ether oxygens (including phenoxy) is 1. The highest BCUT2D eigenvalue weighted by Gasteiger charge is 2.42. The Balaban J connectivity index is 1.17. The number of hydrogen-bond acceptors (Lipinski definition) is 6. The first-order valence-corrected chi connectivity index (χ1v) is 12.7. The fourth-order valence-electron chi connectivity index (χ4n) is 4.11. The number of cyclic esters (lactones) is 1. The van der Waals surface area contributed by atoms with E-state index in [2.05, 4.69) is 26.6 Å². The van der Waals surface area contributed by atoms with E-state index >= 15 is 0 Å². The molecule has 1 aromatic heterocycles. The van der Waals surface area contributed by atoms with Gasteiger partial charge in [0.1, 0.15) is 6.10 Å². The molecule has 180 valence electrons. The zero-order valence-electron chi connectivity index (χ0n) is 18.4. The van der Waals surface area contributed by atoms with Crippen LogP contribution in [0.4, 0.5) is 10.5 Å². The second kappa shape index (κ2) is 9.74. The number of amides is 3. The summed E-state index contributed by atoms with van der Waals surface area (Å²) in [5.41, 5.74) is 1.27. The topological polar surface area (TPSA) is 110 Å². The third-order valence-corrected chi connectivity index (χ3v) is 7.63. The van der Waals surface area contributed by atoms with E-state index in [-0.39, 0.29) is 43.4 Å². The summed E-state index contributed by atoms with van der Waals surface area (Å²) in [6, 6.07) is 16.3. The van der Waals surface area contributed by atoms with Crippen molar-refractivity contribution in [2.75, 3.05) is 18.4 Å². The molecule has 11 heteroatoms. The first-order valence-electron chi connectivity index (χ1n) is 11.0. The summed E-state index contributed by atoms with van der Waals surface area (Å²) in [4.78, 5) is 52.1. The van der Waals surface area contributed by atoms with Crippen LogP contribution in [0.3, 0.4) is 0 Å². The van der Waals surface area contributed by atoms with E-state index in [0.29, 0.717) is 5.69 Å². The van der Waals surface area contributed by atoms with Gasteiger partial charge in [0.15, 0.2) is 5.37 Å². The number of hydrogen-bond donors (Lipinski definition) is 2. The molecule has 3 amide bonds. The van der Waals surface area contributed by atoms with Crippen LogP contribution in [-0.4, -0.2) is 51.9 Å². The number of fused-ring (bicyclic) bond motifs is 2. The van der Waals surface area contributed by atoms with Gasteiger partial charge >= 0.3 is 6.09 Å². The zero-order valence-corrected chi connectivity index (χ0v) is 20.8. The summed E-state index contributed by atoms with van der Waals surface area (Å²) >= 11 is 4.71. The van der Waals surface area contributed by atoms with E-state index in [1.54, 1.807) is 10.6 Å². The van der Waals surface area contributed by atoms with Crippen LogP contribution in [-0.2, 0) is 20.9 Å². The Hall–Kier alpha value is -3.31. The molecule has 0 bridgehead atoms. The fraction of sp³-hybridized carbons (Fsp3) is 0.250. The Kier molecular flexibility index (Phi) is 6.52. The summed E-state index contributed by atoms with van der Waals surface area (Å²) in [7, 11) is 0. The molecule has 2 aromatic carbocycles. The lowest BCUT2D eigenvalue weighted by Gasteiger charge is -2.29. The maximum absolute atomic E-state index is 12.5. The molecule has 3 heterocycles. The van der Waals surface area contributed by atoms with Crippen molar-refractivity contribution in [2.45, 2.75) is 29.3 Å². The van der Waals surface area contributed by atoms with Gasteiger partial charge in [0.05, 0.1) is 24.3 Å². The molecule has 9 nitrogen and oxygen atoms in total. The lowest BCUT2D eigenvalue weighted by atomic mass is 10.2. The normalized spacial score (nSPS) is 19.3. The van der Waals surface area contributed by atoms with E-state index in [1.165, 1.54) is 22.7 Å². The highest BCUT2D eigenvalue weighted by Crippen LogP contribution is 2.38. The van der Waals surface area contributed by atoms with Crippen LogP contribution >= 0.6 is 27.7 Å². The highest BCUT2D eigenvalue weighted by atomic mass is 79.9. The van der Waals surface area contributed by atoms with E-state index in [0.717, 1.165) is 20.3 Å². The number of carbonyl (C=O) groups excluding carboxylic acids is 3. The smallest absolute Gasteiger partial charge is 0.411 e. The fourth-order valence-corrected chi connectivity index (χ4v) is 5.56. The Bertz CT molecular complexity index is 1390. The number of para-hydroxylation sites is 1. The average molecular weight is 557 g/mol. The summed E-state index contributed by atoms with van der Waals surface area (Å²) in [6.45, 7) is 0.517. The zero-order chi connectivity index (χ0) is 24.5. The number of halogens is 1. The van der Waals surface area contributed by atoms with Gasteiger partial charge in [-0.25, -0.2) is 4.79 Å². The van der Waals surface area contributed by atoms with Crippen LogP contribution in [0.1, 0.15) is 6.42 Å². The van der Waals surface area contributed by atoms with Crippen molar-refractivity contribution in [1.82, 2.24) is 14.8 Å². The van der Waals surface area contributed by atoms with Crippen molar-refractivity contribution in [3.63, 3.8) is 0 Å². The minimum Gasteiger partial charge on any atom is -0.442 e. The lowest BCUT2D eigenvalue weighted by Crippen LogP contribution is -2.45. The van der Waals surface area contributed by atoms with Crippen molar-refractivity contribution < 1.29 is 19.1 Å². The molecular weight excluding hydrogens is 536 g/mol. The van der Waals surface area contributed by atoms with Gasteiger partial charge in [0.2, 0.25) is 5.91 Å². The maximum Gasteiger partial charge on any atom is 0.411 e. The predicted molar refractivity (Wildman–Crippen MR) is 135 cm³/mol. The van der Waals surface area contributed by atoms with E-state index in [4.69, 9.17) is 4.74 Å². The molecule has 0 aliphatic carbocycles. The maximum atomic E-state index is 12.5. The summed E-state index contributed by atoms with van der Waals surface area (Å²) < 4.78 is 7.79. The van der Waals surface area contributed by atoms with Crippen molar-refractivity contribution in [3.8, 4) is 0 Å². The molecule has 3 aromatic rings. The molecule has 1 saturated heterocycles. The van der Waals surface area contributed by atoms with Gasteiger partial charge in [-0.05, 0) is 35.7 Å². The molecule has 1 fully saturated rings. The molecule has 0 radical (unpaired) electrons. The second-order valence-corrected chi connectivity index (χ2v) is 10.2. The minimum atomic E-state index is -0.740. The summed E-state index contributed by atoms with van der Waals surface area (Å²) in [6.07, 6.45) is -1.08. The van der Waals surface area contributed by atoms with Gasteiger partial charge in [-0.3, -0.25) is 19.3 Å². The molecule has 5 rings (SSSR count). The number of aryl methyl sites for hydroxylation is 1. The molecule has 35 heavy (non-hydrogen) atoms. The molecule has 0 spiro atoms. The first-order chi connectivity index (χ1) is 16.9. The van der Waals surface area contributed by atoms with E-state index in [9.17, 15) is 19.2 Å². The van der Waals surface area contributed by atoms with Crippen LogP contribution in [0.5, 0.6) is 0 Å². The average Bonchev–Trinajstić information content (AvgIpc) is 3.21. The quantitative estimate of drug-likeness (QED) is 0.482. The lowest BCUT2D eigenvalue weighted by molar-refractivity contribution is -0.121. The number of thioether (sulfide) groups is 1. The molecule has 1 unspecified atom stereocenters. The van der Waals surface area contributed by atoms with Crippen molar-refractivity contribution in [3.05, 3.63) is 69.4 Å². The predicted octanol–water partition coefficient (Wildman–Crippen LogP) is 3.16. The number of anilines is 1. The second-order valence-electron chi connectivity index (χ2n) is 8.19. The highest BCUT2D eigenvalue weighted by molar-refractivity contribution is 9.10. The van der Waals surface area contributed by atoms with Crippen molar-refractivity contribution >= 4 is 62.2 Å². The molecule has 2 N–H and O–H groups in total.